The van der Waals surface area contributed by atoms with Crippen molar-refractivity contribution in [3.63, 3.8) is 0 Å². The van der Waals surface area contributed by atoms with Crippen LogP contribution in [-0.4, -0.2) is 55.6 Å². The monoisotopic (exact) mass is 378 g/mol. The first kappa shape index (κ1) is 20.5. The van der Waals surface area contributed by atoms with Gasteiger partial charge in [-0.2, -0.15) is 0 Å². The van der Waals surface area contributed by atoms with E-state index in [4.69, 9.17) is 19.9 Å². The van der Waals surface area contributed by atoms with E-state index in [0.717, 1.165) is 5.75 Å². The van der Waals surface area contributed by atoms with E-state index in [1.165, 1.54) is 0 Å². The number of esters is 1. The Bertz CT molecular complexity index is 638. The lowest BCUT2D eigenvalue weighted by atomic mass is 9.96. The molecule has 0 aromatic heterocycles. The molecule has 0 bridgehead atoms. The van der Waals surface area contributed by atoms with E-state index in [0.29, 0.717) is 38.3 Å². The zero-order valence-corrected chi connectivity index (χ0v) is 15.5. The Morgan fingerprint density at radius 1 is 1.07 bits per heavy atom. The molecule has 8 nitrogen and oxygen atoms in total. The molecule has 1 aromatic carbocycles. The zero-order chi connectivity index (χ0) is 19.6. The molecule has 2 N–H and O–H groups in total. The second-order valence-corrected chi connectivity index (χ2v) is 6.22. The van der Waals surface area contributed by atoms with Crippen molar-refractivity contribution in [1.29, 1.82) is 0 Å². The van der Waals surface area contributed by atoms with Crippen molar-refractivity contribution in [3.8, 4) is 11.5 Å². The molecule has 27 heavy (non-hydrogen) atoms. The molecule has 0 spiro atoms. The molecule has 0 unspecified atom stereocenters. The lowest BCUT2D eigenvalue weighted by Crippen LogP contribution is -2.43. The van der Waals surface area contributed by atoms with Crippen LogP contribution in [0.5, 0.6) is 11.5 Å². The number of primary amides is 1. The number of ether oxygens (including phenoxy) is 3. The van der Waals surface area contributed by atoms with Crippen molar-refractivity contribution >= 4 is 17.8 Å². The molecule has 0 atom stereocenters. The lowest BCUT2D eigenvalue weighted by molar-refractivity contribution is -0.153. The quantitative estimate of drug-likeness (QED) is 0.645. The molecule has 1 aliphatic rings. The van der Waals surface area contributed by atoms with E-state index < -0.39 is 5.97 Å². The largest absolute Gasteiger partial charge is 0.494 e. The smallest absolute Gasteiger partial charge is 0.309 e. The average Bonchev–Trinajstić information content (AvgIpc) is 2.68. The van der Waals surface area contributed by atoms with E-state index in [-0.39, 0.29) is 37.4 Å². The van der Waals surface area contributed by atoms with Crippen LogP contribution in [0, 0.1) is 5.92 Å². The maximum absolute atomic E-state index is 12.0. The van der Waals surface area contributed by atoms with Crippen LogP contribution < -0.4 is 15.2 Å². The Morgan fingerprint density at radius 3 is 2.22 bits per heavy atom. The van der Waals surface area contributed by atoms with Crippen LogP contribution in [0.1, 0.15) is 26.2 Å². The number of piperidine rings is 1. The topological polar surface area (TPSA) is 108 Å². The van der Waals surface area contributed by atoms with Gasteiger partial charge in [-0.1, -0.05) is 0 Å². The van der Waals surface area contributed by atoms with Gasteiger partial charge in [0.15, 0.2) is 6.61 Å². The first-order valence-electron chi connectivity index (χ1n) is 9.08. The molecule has 1 aliphatic heterocycles. The van der Waals surface area contributed by atoms with E-state index in [1.807, 2.05) is 6.92 Å². The minimum atomic E-state index is -0.499. The van der Waals surface area contributed by atoms with E-state index >= 15 is 0 Å². The summed E-state index contributed by atoms with van der Waals surface area (Å²) in [5.74, 6) is 0.0969. The summed E-state index contributed by atoms with van der Waals surface area (Å²) in [6, 6.07) is 7.10. The van der Waals surface area contributed by atoms with Crippen LogP contribution in [0.15, 0.2) is 24.3 Å². The lowest BCUT2D eigenvalue weighted by Gasteiger charge is -2.30. The normalized spacial score (nSPS) is 14.5. The van der Waals surface area contributed by atoms with Gasteiger partial charge in [-0.15, -0.1) is 0 Å². The third kappa shape index (κ3) is 6.80. The van der Waals surface area contributed by atoms with Crippen LogP contribution in [0.3, 0.4) is 0 Å². The Hall–Kier alpha value is -2.77. The van der Waals surface area contributed by atoms with Crippen LogP contribution >= 0.6 is 0 Å². The molecular formula is C19H26N2O6. The number of benzene rings is 1. The van der Waals surface area contributed by atoms with Gasteiger partial charge in [-0.05, 0) is 44.0 Å². The molecule has 2 amide bonds. The Kier molecular flexibility index (Phi) is 7.91. The van der Waals surface area contributed by atoms with Gasteiger partial charge in [0.05, 0.1) is 19.6 Å². The number of rotatable bonds is 9. The molecule has 0 saturated carbocycles. The van der Waals surface area contributed by atoms with Gasteiger partial charge in [0, 0.05) is 19.0 Å². The van der Waals surface area contributed by atoms with Crippen LogP contribution in [-0.2, 0) is 19.1 Å². The van der Waals surface area contributed by atoms with Gasteiger partial charge in [0.25, 0.3) is 5.91 Å². The molecule has 2 rings (SSSR count). The number of hydrogen-bond acceptors (Lipinski definition) is 6. The van der Waals surface area contributed by atoms with Gasteiger partial charge in [-0.3, -0.25) is 14.4 Å². The maximum atomic E-state index is 12.0. The summed E-state index contributed by atoms with van der Waals surface area (Å²) >= 11 is 0. The third-order valence-electron chi connectivity index (χ3n) is 4.32. The van der Waals surface area contributed by atoms with Gasteiger partial charge in [0.2, 0.25) is 5.91 Å². The van der Waals surface area contributed by atoms with E-state index in [1.54, 1.807) is 29.2 Å². The summed E-state index contributed by atoms with van der Waals surface area (Å²) in [5, 5.41) is 0. The molecule has 1 fully saturated rings. The number of nitrogens with zero attached hydrogens (tertiary/aromatic N) is 1. The Morgan fingerprint density at radius 2 is 1.67 bits per heavy atom. The summed E-state index contributed by atoms with van der Waals surface area (Å²) in [7, 11) is 0. The van der Waals surface area contributed by atoms with Crippen LogP contribution in [0.4, 0.5) is 0 Å². The second-order valence-electron chi connectivity index (χ2n) is 6.22. The van der Waals surface area contributed by atoms with Crippen LogP contribution in [0.25, 0.3) is 0 Å². The first-order chi connectivity index (χ1) is 13.0. The highest BCUT2D eigenvalue weighted by molar-refractivity contribution is 5.81. The molecule has 1 saturated heterocycles. The highest BCUT2D eigenvalue weighted by Gasteiger charge is 2.26. The summed E-state index contributed by atoms with van der Waals surface area (Å²) in [5.41, 5.74) is 5.27. The minimum Gasteiger partial charge on any atom is -0.494 e. The highest BCUT2D eigenvalue weighted by Crippen LogP contribution is 2.18. The zero-order valence-electron chi connectivity index (χ0n) is 15.5. The molecule has 8 heteroatoms. The highest BCUT2D eigenvalue weighted by atomic mass is 16.5. The minimum absolute atomic E-state index is 0.0459. The standard InChI is InChI=1S/C19H26N2O6/c1-2-25-15-3-5-16(6-4-15)26-12-9-18(23)27-13-17(22)21-10-7-14(8-11-21)19(20)24/h3-6,14H,2,7-13H2,1H3,(H2,20,24). The average molecular weight is 378 g/mol. The molecule has 0 radical (unpaired) electrons. The first-order valence-corrected chi connectivity index (χ1v) is 9.08. The fourth-order valence-electron chi connectivity index (χ4n) is 2.77. The number of likely N-dealkylation sites (tertiary alicyclic amines) is 1. The Balaban J connectivity index is 1.61. The maximum Gasteiger partial charge on any atom is 0.309 e. The Labute approximate surface area is 158 Å². The van der Waals surface area contributed by atoms with Gasteiger partial charge in [0.1, 0.15) is 11.5 Å². The predicted molar refractivity (Wildman–Crippen MR) is 97.2 cm³/mol. The molecule has 1 heterocycles. The summed E-state index contributed by atoms with van der Waals surface area (Å²) in [4.78, 5) is 36.5. The van der Waals surface area contributed by atoms with Crippen molar-refractivity contribution in [3.05, 3.63) is 24.3 Å². The van der Waals surface area contributed by atoms with Crippen molar-refractivity contribution < 1.29 is 28.6 Å². The predicted octanol–water partition coefficient (Wildman–Crippen LogP) is 1.12. The number of carbonyl (C=O) groups excluding carboxylic acids is 3. The number of nitrogens with two attached hydrogens (primary N) is 1. The fraction of sp³-hybridized carbons (Fsp3) is 0.526. The van der Waals surface area contributed by atoms with Crippen molar-refractivity contribution in [2.24, 2.45) is 11.7 Å². The molecular weight excluding hydrogens is 352 g/mol. The number of hydrogen-bond donors (Lipinski definition) is 1. The number of carbonyl (C=O) groups is 3. The summed E-state index contributed by atoms with van der Waals surface area (Å²) in [6.07, 6.45) is 1.14. The molecule has 1 aromatic rings. The molecule has 0 aliphatic carbocycles. The second kappa shape index (κ2) is 10.4. The summed E-state index contributed by atoms with van der Waals surface area (Å²) < 4.78 is 15.8. The fourth-order valence-corrected chi connectivity index (χ4v) is 2.77. The molecule has 148 valence electrons. The van der Waals surface area contributed by atoms with Crippen molar-refractivity contribution in [2.45, 2.75) is 26.2 Å². The van der Waals surface area contributed by atoms with E-state index in [9.17, 15) is 14.4 Å². The number of amides is 2. The van der Waals surface area contributed by atoms with Crippen molar-refractivity contribution in [1.82, 2.24) is 4.90 Å². The third-order valence-corrected chi connectivity index (χ3v) is 4.32. The van der Waals surface area contributed by atoms with Crippen LogP contribution in [0.2, 0.25) is 0 Å². The van der Waals surface area contributed by atoms with Crippen molar-refractivity contribution in [2.75, 3.05) is 32.9 Å². The van der Waals surface area contributed by atoms with Gasteiger partial charge < -0.3 is 24.8 Å². The van der Waals surface area contributed by atoms with E-state index in [2.05, 4.69) is 0 Å². The van der Waals surface area contributed by atoms with Gasteiger partial charge in [-0.25, -0.2) is 0 Å². The summed E-state index contributed by atoms with van der Waals surface area (Å²) in [6.45, 7) is 3.25. The SMILES string of the molecule is CCOc1ccc(OCCC(=O)OCC(=O)N2CCC(C(N)=O)CC2)cc1. The van der Waals surface area contributed by atoms with Gasteiger partial charge >= 0.3 is 5.97 Å².